The molecule has 2 atom stereocenters. The molecule has 0 aliphatic rings. The van der Waals surface area contributed by atoms with E-state index in [1.54, 1.807) is 17.9 Å². The van der Waals surface area contributed by atoms with Crippen molar-refractivity contribution in [2.75, 3.05) is 13.2 Å². The van der Waals surface area contributed by atoms with Gasteiger partial charge in [-0.15, -0.1) is 0 Å². The van der Waals surface area contributed by atoms with Crippen molar-refractivity contribution in [2.45, 2.75) is 25.6 Å². The molecule has 32 heavy (non-hydrogen) atoms. The molecule has 2 unspecified atom stereocenters. The summed E-state index contributed by atoms with van der Waals surface area (Å²) < 4.78 is 10.0. The van der Waals surface area contributed by atoms with Crippen LogP contribution in [0, 0.1) is 0 Å². The SMILES string of the molecule is CC(Cn1cnc2c1c(=O)n(C)c(=O)n2C)NCC(O)COc1cccc2ccccc12. The third-order valence-corrected chi connectivity index (χ3v) is 5.57. The number of rotatable bonds is 8. The third kappa shape index (κ3) is 4.17. The number of benzene rings is 2. The van der Waals surface area contributed by atoms with Crippen LogP contribution in [0.2, 0.25) is 0 Å². The molecule has 0 spiro atoms. The molecule has 168 valence electrons. The van der Waals surface area contributed by atoms with Gasteiger partial charge in [0, 0.05) is 38.6 Å². The van der Waals surface area contributed by atoms with E-state index in [1.165, 1.54) is 11.6 Å². The number of aryl methyl sites for hydroxylation is 1. The highest BCUT2D eigenvalue weighted by Crippen LogP contribution is 2.25. The molecule has 2 heterocycles. The van der Waals surface area contributed by atoms with E-state index in [2.05, 4.69) is 10.3 Å². The molecule has 0 bridgehead atoms. The van der Waals surface area contributed by atoms with Crippen molar-refractivity contribution in [2.24, 2.45) is 14.1 Å². The quantitative estimate of drug-likeness (QED) is 0.426. The molecule has 0 saturated heterocycles. The molecule has 2 aromatic carbocycles. The van der Waals surface area contributed by atoms with Gasteiger partial charge >= 0.3 is 5.69 Å². The number of ether oxygens (including phenoxy) is 1. The minimum absolute atomic E-state index is 0.0541. The molecule has 2 aromatic heterocycles. The minimum Gasteiger partial charge on any atom is -0.490 e. The van der Waals surface area contributed by atoms with Crippen LogP contribution < -0.4 is 21.3 Å². The van der Waals surface area contributed by atoms with Gasteiger partial charge in [-0.25, -0.2) is 9.78 Å². The molecule has 4 aromatic rings. The summed E-state index contributed by atoms with van der Waals surface area (Å²) in [5.74, 6) is 0.738. The van der Waals surface area contributed by atoms with Crippen LogP contribution in [-0.2, 0) is 20.6 Å². The summed E-state index contributed by atoms with van der Waals surface area (Å²) in [6, 6.07) is 13.7. The number of imidazole rings is 1. The second-order valence-electron chi connectivity index (χ2n) is 8.03. The molecule has 0 amide bonds. The molecule has 0 radical (unpaired) electrons. The lowest BCUT2D eigenvalue weighted by Gasteiger charge is -2.19. The fourth-order valence-electron chi connectivity index (χ4n) is 3.80. The summed E-state index contributed by atoms with van der Waals surface area (Å²) in [5, 5.41) is 15.7. The highest BCUT2D eigenvalue weighted by atomic mass is 16.5. The van der Waals surface area contributed by atoms with Crippen molar-refractivity contribution in [3.8, 4) is 5.75 Å². The molecule has 0 fully saturated rings. The van der Waals surface area contributed by atoms with Crippen molar-refractivity contribution >= 4 is 21.9 Å². The van der Waals surface area contributed by atoms with Gasteiger partial charge in [0.2, 0.25) is 0 Å². The van der Waals surface area contributed by atoms with Crippen LogP contribution in [0.3, 0.4) is 0 Å². The van der Waals surface area contributed by atoms with Gasteiger partial charge in [0.15, 0.2) is 11.2 Å². The average molecular weight is 438 g/mol. The van der Waals surface area contributed by atoms with Gasteiger partial charge in [-0.2, -0.15) is 0 Å². The third-order valence-electron chi connectivity index (χ3n) is 5.57. The predicted octanol–water partition coefficient (Wildman–Crippen LogP) is 1.00. The van der Waals surface area contributed by atoms with Crippen LogP contribution in [0.1, 0.15) is 6.92 Å². The first-order chi connectivity index (χ1) is 15.4. The Bertz CT molecular complexity index is 1370. The van der Waals surface area contributed by atoms with Crippen molar-refractivity contribution in [1.29, 1.82) is 0 Å². The van der Waals surface area contributed by atoms with E-state index in [0.717, 1.165) is 21.1 Å². The maximum atomic E-state index is 12.6. The predicted molar refractivity (Wildman–Crippen MR) is 123 cm³/mol. The number of aliphatic hydroxyl groups excluding tert-OH is 1. The number of hydrogen-bond acceptors (Lipinski definition) is 6. The topological polar surface area (TPSA) is 103 Å². The summed E-state index contributed by atoms with van der Waals surface area (Å²) in [4.78, 5) is 28.9. The molecule has 0 aliphatic heterocycles. The molecule has 9 nitrogen and oxygen atoms in total. The smallest absolute Gasteiger partial charge is 0.332 e. The van der Waals surface area contributed by atoms with E-state index in [4.69, 9.17) is 4.74 Å². The Morgan fingerprint density at radius 1 is 1.09 bits per heavy atom. The Morgan fingerprint density at radius 2 is 1.84 bits per heavy atom. The van der Waals surface area contributed by atoms with Gasteiger partial charge in [0.1, 0.15) is 18.5 Å². The fraction of sp³-hybridized carbons (Fsp3) is 0.348. The zero-order valence-electron chi connectivity index (χ0n) is 18.4. The number of aliphatic hydroxyl groups is 1. The van der Waals surface area contributed by atoms with Crippen molar-refractivity contribution in [3.05, 3.63) is 69.6 Å². The van der Waals surface area contributed by atoms with Crippen molar-refractivity contribution in [3.63, 3.8) is 0 Å². The van der Waals surface area contributed by atoms with Crippen LogP contribution in [0.4, 0.5) is 0 Å². The fourth-order valence-corrected chi connectivity index (χ4v) is 3.80. The van der Waals surface area contributed by atoms with Crippen LogP contribution >= 0.6 is 0 Å². The number of hydrogen-bond donors (Lipinski definition) is 2. The normalized spacial score (nSPS) is 13.5. The number of nitrogens with one attached hydrogen (secondary N) is 1. The van der Waals surface area contributed by atoms with Gasteiger partial charge in [0.25, 0.3) is 5.56 Å². The molecule has 0 saturated carbocycles. The minimum atomic E-state index is -0.704. The van der Waals surface area contributed by atoms with Gasteiger partial charge in [-0.3, -0.25) is 13.9 Å². The van der Waals surface area contributed by atoms with Crippen LogP contribution in [-0.4, -0.2) is 49.1 Å². The molecule has 2 N–H and O–H groups in total. The van der Waals surface area contributed by atoms with E-state index in [-0.39, 0.29) is 18.2 Å². The summed E-state index contributed by atoms with van der Waals surface area (Å²) in [5.41, 5.74) is -0.0542. The maximum Gasteiger partial charge on any atom is 0.332 e. The molecular weight excluding hydrogens is 410 g/mol. The molecule has 0 aliphatic carbocycles. The number of fused-ring (bicyclic) bond motifs is 2. The zero-order valence-corrected chi connectivity index (χ0v) is 18.4. The lowest BCUT2D eigenvalue weighted by atomic mass is 10.1. The van der Waals surface area contributed by atoms with E-state index in [0.29, 0.717) is 24.3 Å². The molecule has 4 rings (SSSR count). The summed E-state index contributed by atoms with van der Waals surface area (Å²) in [7, 11) is 3.05. The van der Waals surface area contributed by atoms with Crippen LogP contribution in [0.15, 0.2) is 58.4 Å². The van der Waals surface area contributed by atoms with E-state index in [1.807, 2.05) is 49.4 Å². The highest BCUT2D eigenvalue weighted by Gasteiger charge is 2.16. The second-order valence-corrected chi connectivity index (χ2v) is 8.03. The standard InChI is InChI=1S/C23H27N5O4/c1-15(12-28-14-25-21-20(28)22(30)27(3)23(31)26(21)2)24-11-17(29)13-32-19-10-6-8-16-7-4-5-9-18(16)19/h4-10,14-15,17,24,29H,11-13H2,1-3H3. The Hall–Kier alpha value is -3.43. The van der Waals surface area contributed by atoms with Gasteiger partial charge in [-0.1, -0.05) is 36.4 Å². The highest BCUT2D eigenvalue weighted by molar-refractivity contribution is 5.88. The maximum absolute atomic E-state index is 12.6. The summed E-state index contributed by atoms with van der Waals surface area (Å²) >= 11 is 0. The Balaban J connectivity index is 1.36. The van der Waals surface area contributed by atoms with Crippen molar-refractivity contribution in [1.82, 2.24) is 24.0 Å². The number of nitrogens with zero attached hydrogens (tertiary/aromatic N) is 4. The number of aromatic nitrogens is 4. The Morgan fingerprint density at radius 3 is 2.66 bits per heavy atom. The van der Waals surface area contributed by atoms with Gasteiger partial charge in [0.05, 0.1) is 6.33 Å². The van der Waals surface area contributed by atoms with E-state index < -0.39 is 11.8 Å². The average Bonchev–Trinajstić information content (AvgIpc) is 3.22. The first-order valence-corrected chi connectivity index (χ1v) is 10.5. The van der Waals surface area contributed by atoms with E-state index >= 15 is 0 Å². The second kappa shape index (κ2) is 8.97. The van der Waals surface area contributed by atoms with Crippen LogP contribution in [0.25, 0.3) is 21.9 Å². The lowest BCUT2D eigenvalue weighted by Crippen LogP contribution is -2.40. The van der Waals surface area contributed by atoms with Crippen molar-refractivity contribution < 1.29 is 9.84 Å². The van der Waals surface area contributed by atoms with E-state index in [9.17, 15) is 14.7 Å². The first-order valence-electron chi connectivity index (χ1n) is 10.5. The monoisotopic (exact) mass is 437 g/mol. The molecular formula is C23H27N5O4. The summed E-state index contributed by atoms with van der Waals surface area (Å²) in [6.45, 7) is 2.90. The van der Waals surface area contributed by atoms with Crippen LogP contribution in [0.5, 0.6) is 5.75 Å². The zero-order chi connectivity index (χ0) is 22.8. The Kier molecular flexibility index (Phi) is 6.11. The lowest BCUT2D eigenvalue weighted by molar-refractivity contribution is 0.104. The van der Waals surface area contributed by atoms with Gasteiger partial charge < -0.3 is 19.7 Å². The molecule has 9 heteroatoms. The van der Waals surface area contributed by atoms with Gasteiger partial charge in [-0.05, 0) is 18.4 Å². The Labute approximate surface area is 184 Å². The first kappa shape index (κ1) is 21.8. The largest absolute Gasteiger partial charge is 0.490 e. The summed E-state index contributed by atoms with van der Waals surface area (Å²) in [6.07, 6.45) is 0.855.